The van der Waals surface area contributed by atoms with Crippen LogP contribution in [0.4, 0.5) is 5.69 Å². The van der Waals surface area contributed by atoms with E-state index in [0.717, 1.165) is 36.4 Å². The molecule has 0 saturated heterocycles. The number of anilines is 1. The maximum Gasteiger partial charge on any atom is 0.255 e. The number of amides is 1. The van der Waals surface area contributed by atoms with Crippen LogP contribution in [0.3, 0.4) is 0 Å². The van der Waals surface area contributed by atoms with Gasteiger partial charge in [-0.3, -0.25) is 9.69 Å². The first-order valence-corrected chi connectivity index (χ1v) is 7.82. The first-order chi connectivity index (χ1) is 10.6. The molecule has 0 aromatic heterocycles. The summed E-state index contributed by atoms with van der Waals surface area (Å²) in [5, 5.41) is 2.99. The first kappa shape index (κ1) is 16.2. The number of rotatable bonds is 6. The molecule has 0 saturated carbocycles. The maximum atomic E-state index is 12.4. The molecule has 3 heteroatoms. The number of nitrogens with one attached hydrogen (secondary N) is 1. The highest BCUT2D eigenvalue weighted by atomic mass is 16.1. The SMILES string of the molecule is CCN(CC)Cc1cccc(NC(=O)c2ccccc2C)c1. The van der Waals surface area contributed by atoms with Gasteiger partial charge in [0.15, 0.2) is 0 Å². The highest BCUT2D eigenvalue weighted by molar-refractivity contribution is 6.05. The Morgan fingerprint density at radius 1 is 1.05 bits per heavy atom. The van der Waals surface area contributed by atoms with Gasteiger partial charge in [0.1, 0.15) is 0 Å². The topological polar surface area (TPSA) is 32.3 Å². The zero-order valence-electron chi connectivity index (χ0n) is 13.6. The monoisotopic (exact) mass is 296 g/mol. The zero-order chi connectivity index (χ0) is 15.9. The standard InChI is InChI=1S/C19H24N2O/c1-4-21(5-2)14-16-10-8-11-17(13-16)20-19(22)18-12-7-6-9-15(18)3/h6-13H,4-5,14H2,1-3H3,(H,20,22). The number of carbonyl (C=O) groups excluding carboxylic acids is 1. The van der Waals surface area contributed by atoms with Crippen molar-refractivity contribution in [2.75, 3.05) is 18.4 Å². The van der Waals surface area contributed by atoms with Crippen molar-refractivity contribution in [2.45, 2.75) is 27.3 Å². The average molecular weight is 296 g/mol. The highest BCUT2D eigenvalue weighted by Crippen LogP contribution is 2.15. The molecule has 0 unspecified atom stereocenters. The molecule has 0 aliphatic heterocycles. The fraction of sp³-hybridized carbons (Fsp3) is 0.316. The molecule has 116 valence electrons. The molecule has 0 fully saturated rings. The van der Waals surface area contributed by atoms with Gasteiger partial charge in [0.2, 0.25) is 0 Å². The molecule has 2 aromatic rings. The normalized spacial score (nSPS) is 10.7. The van der Waals surface area contributed by atoms with Crippen LogP contribution in [0.5, 0.6) is 0 Å². The summed E-state index contributed by atoms with van der Waals surface area (Å²) in [6.07, 6.45) is 0. The van der Waals surface area contributed by atoms with Crippen LogP contribution in [0.15, 0.2) is 48.5 Å². The predicted octanol–water partition coefficient (Wildman–Crippen LogP) is 4.09. The van der Waals surface area contributed by atoms with Gasteiger partial charge in [-0.15, -0.1) is 0 Å². The molecule has 1 N–H and O–H groups in total. The first-order valence-electron chi connectivity index (χ1n) is 7.82. The van der Waals surface area contributed by atoms with Crippen molar-refractivity contribution in [1.29, 1.82) is 0 Å². The van der Waals surface area contributed by atoms with Crippen LogP contribution in [-0.4, -0.2) is 23.9 Å². The summed E-state index contributed by atoms with van der Waals surface area (Å²) in [7, 11) is 0. The number of hydrogen-bond donors (Lipinski definition) is 1. The minimum atomic E-state index is -0.0573. The Morgan fingerprint density at radius 2 is 1.77 bits per heavy atom. The van der Waals surface area contributed by atoms with E-state index in [4.69, 9.17) is 0 Å². The number of nitrogens with zero attached hydrogens (tertiary/aromatic N) is 1. The van der Waals surface area contributed by atoms with Crippen molar-refractivity contribution in [3.63, 3.8) is 0 Å². The lowest BCUT2D eigenvalue weighted by Crippen LogP contribution is -2.22. The van der Waals surface area contributed by atoms with E-state index in [-0.39, 0.29) is 5.91 Å². The lowest BCUT2D eigenvalue weighted by molar-refractivity contribution is 0.102. The van der Waals surface area contributed by atoms with Crippen LogP contribution in [0, 0.1) is 6.92 Å². The third-order valence-electron chi connectivity index (χ3n) is 3.88. The summed E-state index contributed by atoms with van der Waals surface area (Å²) in [6, 6.07) is 15.7. The smallest absolute Gasteiger partial charge is 0.255 e. The second-order valence-corrected chi connectivity index (χ2v) is 5.43. The Balaban J connectivity index is 2.10. The molecule has 0 spiro atoms. The van der Waals surface area contributed by atoms with Gasteiger partial charge in [0.05, 0.1) is 0 Å². The van der Waals surface area contributed by atoms with Crippen molar-refractivity contribution >= 4 is 11.6 Å². The van der Waals surface area contributed by atoms with E-state index >= 15 is 0 Å². The summed E-state index contributed by atoms with van der Waals surface area (Å²) in [6.45, 7) is 9.22. The third kappa shape index (κ3) is 4.18. The molecule has 22 heavy (non-hydrogen) atoms. The summed E-state index contributed by atoms with van der Waals surface area (Å²) in [4.78, 5) is 14.7. The van der Waals surface area contributed by atoms with Crippen molar-refractivity contribution in [3.05, 3.63) is 65.2 Å². The largest absolute Gasteiger partial charge is 0.322 e. The second-order valence-electron chi connectivity index (χ2n) is 5.43. The van der Waals surface area contributed by atoms with E-state index in [0.29, 0.717) is 0 Å². The van der Waals surface area contributed by atoms with E-state index in [9.17, 15) is 4.79 Å². The molecule has 0 aliphatic carbocycles. The van der Waals surface area contributed by atoms with Crippen LogP contribution in [0.2, 0.25) is 0 Å². The van der Waals surface area contributed by atoms with Gasteiger partial charge in [0, 0.05) is 17.8 Å². The lowest BCUT2D eigenvalue weighted by atomic mass is 10.1. The Morgan fingerprint density at radius 3 is 2.45 bits per heavy atom. The van der Waals surface area contributed by atoms with E-state index in [1.165, 1.54) is 5.56 Å². The van der Waals surface area contributed by atoms with Gasteiger partial charge in [-0.25, -0.2) is 0 Å². The summed E-state index contributed by atoms with van der Waals surface area (Å²) < 4.78 is 0. The van der Waals surface area contributed by atoms with Crippen molar-refractivity contribution in [1.82, 2.24) is 4.90 Å². The molecule has 0 bridgehead atoms. The van der Waals surface area contributed by atoms with Crippen LogP contribution >= 0.6 is 0 Å². The molecule has 2 aromatic carbocycles. The van der Waals surface area contributed by atoms with Gasteiger partial charge in [-0.2, -0.15) is 0 Å². The van der Waals surface area contributed by atoms with Crippen molar-refractivity contribution < 1.29 is 4.79 Å². The molecule has 1 amide bonds. The van der Waals surface area contributed by atoms with Crippen molar-refractivity contribution in [2.24, 2.45) is 0 Å². The molecule has 3 nitrogen and oxygen atoms in total. The molecule has 0 radical (unpaired) electrons. The summed E-state index contributed by atoms with van der Waals surface area (Å²) in [5.74, 6) is -0.0573. The fourth-order valence-corrected chi connectivity index (χ4v) is 2.48. The molecule has 0 heterocycles. The van der Waals surface area contributed by atoms with Gasteiger partial charge in [-0.05, 0) is 49.3 Å². The van der Waals surface area contributed by atoms with E-state index in [1.54, 1.807) is 0 Å². The number of carbonyl (C=O) groups is 1. The number of hydrogen-bond acceptors (Lipinski definition) is 2. The zero-order valence-corrected chi connectivity index (χ0v) is 13.6. The molecule has 0 atom stereocenters. The predicted molar refractivity (Wildman–Crippen MR) is 92.2 cm³/mol. The van der Waals surface area contributed by atoms with Crippen LogP contribution in [0.1, 0.15) is 35.3 Å². The highest BCUT2D eigenvalue weighted by Gasteiger charge is 2.09. The number of benzene rings is 2. The van der Waals surface area contributed by atoms with Gasteiger partial charge < -0.3 is 5.32 Å². The third-order valence-corrected chi connectivity index (χ3v) is 3.88. The molecule has 0 aliphatic rings. The van der Waals surface area contributed by atoms with Crippen LogP contribution in [-0.2, 0) is 6.54 Å². The Kier molecular flexibility index (Phi) is 5.73. The van der Waals surface area contributed by atoms with Crippen LogP contribution < -0.4 is 5.32 Å². The number of aryl methyl sites for hydroxylation is 1. The fourth-order valence-electron chi connectivity index (χ4n) is 2.48. The Labute approximate surface area is 133 Å². The molecular formula is C19H24N2O. The molecule has 2 rings (SSSR count). The minimum absolute atomic E-state index is 0.0573. The maximum absolute atomic E-state index is 12.4. The van der Waals surface area contributed by atoms with Crippen molar-refractivity contribution in [3.8, 4) is 0 Å². The summed E-state index contributed by atoms with van der Waals surface area (Å²) >= 11 is 0. The minimum Gasteiger partial charge on any atom is -0.322 e. The summed E-state index contributed by atoms with van der Waals surface area (Å²) in [5.41, 5.74) is 3.76. The van der Waals surface area contributed by atoms with Crippen LogP contribution in [0.25, 0.3) is 0 Å². The lowest BCUT2D eigenvalue weighted by Gasteiger charge is -2.18. The van der Waals surface area contributed by atoms with E-state index in [1.807, 2.05) is 43.3 Å². The average Bonchev–Trinajstić information content (AvgIpc) is 2.53. The second kappa shape index (κ2) is 7.76. The van der Waals surface area contributed by atoms with E-state index < -0.39 is 0 Å². The van der Waals surface area contributed by atoms with Gasteiger partial charge >= 0.3 is 0 Å². The molecular weight excluding hydrogens is 272 g/mol. The Bertz CT molecular complexity index is 633. The quantitative estimate of drug-likeness (QED) is 0.871. The van der Waals surface area contributed by atoms with Gasteiger partial charge in [0.25, 0.3) is 5.91 Å². The Hall–Kier alpha value is -2.13. The van der Waals surface area contributed by atoms with Gasteiger partial charge in [-0.1, -0.05) is 44.2 Å². The van der Waals surface area contributed by atoms with E-state index in [2.05, 4.69) is 36.2 Å².